The number of hydrazone groups is 1. The Morgan fingerprint density at radius 3 is 2.55 bits per heavy atom. The highest BCUT2D eigenvalue weighted by molar-refractivity contribution is 6.02. The molecule has 0 atom stereocenters. The Bertz CT molecular complexity index is 1370. The number of phenolic OH excluding ortho intramolecular Hbond substituents is 1. The molecular formula is C25H22N4O4. The third-order valence-corrected chi connectivity index (χ3v) is 5.86. The molecule has 5 rings (SSSR count). The molecule has 3 N–H and O–H groups in total. The summed E-state index contributed by atoms with van der Waals surface area (Å²) in [6.07, 6.45) is 3.55. The lowest BCUT2D eigenvalue weighted by Gasteiger charge is -2.09. The zero-order valence-electron chi connectivity index (χ0n) is 18.2. The number of aromatic amines is 1. The molecule has 1 aliphatic carbocycles. The standard InChI is InChI=1S/C25H22N4O4/c1-32-21-10-14(11-22(33-2)24(21)30)13-26-29-25(31)20-12-19(27-28-20)17-9-8-16-7-6-15-4-3-5-18(17)23(15)16/h3-5,8-13,30H,6-7H2,1-2H3,(H,27,28)(H,29,31)/b26-13-. The molecule has 1 aliphatic rings. The number of aryl methyl sites for hydroxylation is 2. The molecule has 0 saturated heterocycles. The summed E-state index contributed by atoms with van der Waals surface area (Å²) < 4.78 is 10.3. The van der Waals surface area contributed by atoms with E-state index in [1.165, 1.54) is 36.9 Å². The lowest BCUT2D eigenvalue weighted by molar-refractivity contribution is 0.0950. The van der Waals surface area contributed by atoms with Crippen LogP contribution in [0.25, 0.3) is 22.0 Å². The summed E-state index contributed by atoms with van der Waals surface area (Å²) in [5.74, 6) is -0.0424. The van der Waals surface area contributed by atoms with Crippen molar-refractivity contribution in [1.82, 2.24) is 15.6 Å². The van der Waals surface area contributed by atoms with Gasteiger partial charge in [0.15, 0.2) is 11.5 Å². The number of aromatic nitrogens is 2. The van der Waals surface area contributed by atoms with Crippen LogP contribution in [0, 0.1) is 0 Å². The molecule has 0 fully saturated rings. The SMILES string of the molecule is COc1cc(/C=N\NC(=O)c2cc(-c3ccc4c5c(cccc35)CC4)n[nH]2)cc(OC)c1O. The molecule has 1 aromatic heterocycles. The van der Waals surface area contributed by atoms with Crippen LogP contribution in [0.15, 0.2) is 53.6 Å². The summed E-state index contributed by atoms with van der Waals surface area (Å²) >= 11 is 0. The lowest BCUT2D eigenvalue weighted by atomic mass is 9.98. The van der Waals surface area contributed by atoms with Gasteiger partial charge in [-0.15, -0.1) is 0 Å². The zero-order chi connectivity index (χ0) is 22.9. The molecule has 3 aromatic carbocycles. The highest BCUT2D eigenvalue weighted by Crippen LogP contribution is 2.37. The van der Waals surface area contributed by atoms with Crippen LogP contribution in [0.3, 0.4) is 0 Å². The highest BCUT2D eigenvalue weighted by atomic mass is 16.5. The average molecular weight is 442 g/mol. The average Bonchev–Trinajstić information content (AvgIpc) is 3.49. The van der Waals surface area contributed by atoms with E-state index in [0.717, 1.165) is 23.8 Å². The number of methoxy groups -OCH3 is 2. The maximum absolute atomic E-state index is 12.6. The summed E-state index contributed by atoms with van der Waals surface area (Å²) in [5, 5.41) is 23.6. The summed E-state index contributed by atoms with van der Waals surface area (Å²) in [4.78, 5) is 12.6. The minimum atomic E-state index is -0.423. The summed E-state index contributed by atoms with van der Waals surface area (Å²) in [6.45, 7) is 0. The van der Waals surface area contributed by atoms with Crippen molar-refractivity contribution in [1.29, 1.82) is 0 Å². The number of phenols is 1. The van der Waals surface area contributed by atoms with Crippen molar-refractivity contribution in [2.24, 2.45) is 5.10 Å². The van der Waals surface area contributed by atoms with Crippen LogP contribution < -0.4 is 14.9 Å². The largest absolute Gasteiger partial charge is 0.502 e. The Morgan fingerprint density at radius 1 is 1.09 bits per heavy atom. The van der Waals surface area contributed by atoms with E-state index in [0.29, 0.717) is 17.0 Å². The molecule has 0 spiro atoms. The van der Waals surface area contributed by atoms with Gasteiger partial charge in [-0.3, -0.25) is 9.89 Å². The number of benzene rings is 3. The van der Waals surface area contributed by atoms with Crippen molar-refractivity contribution < 1.29 is 19.4 Å². The van der Waals surface area contributed by atoms with Crippen molar-refractivity contribution in [3.05, 3.63) is 70.9 Å². The summed E-state index contributed by atoms with van der Waals surface area (Å²) in [5.41, 5.74) is 7.76. The minimum Gasteiger partial charge on any atom is -0.502 e. The maximum Gasteiger partial charge on any atom is 0.289 e. The molecule has 0 saturated carbocycles. The number of hydrogen-bond donors (Lipinski definition) is 3. The maximum atomic E-state index is 12.6. The Hall–Kier alpha value is -4.33. The van der Waals surface area contributed by atoms with E-state index in [1.807, 2.05) is 0 Å². The molecule has 0 radical (unpaired) electrons. The summed E-state index contributed by atoms with van der Waals surface area (Å²) in [7, 11) is 2.88. The topological polar surface area (TPSA) is 109 Å². The highest BCUT2D eigenvalue weighted by Gasteiger charge is 2.18. The minimum absolute atomic E-state index is 0.103. The number of rotatable bonds is 6. The Balaban J connectivity index is 1.36. The predicted molar refractivity (Wildman–Crippen MR) is 125 cm³/mol. The predicted octanol–water partition coefficient (Wildman–Crippen LogP) is 3.82. The first-order valence-corrected chi connectivity index (χ1v) is 10.5. The zero-order valence-corrected chi connectivity index (χ0v) is 18.2. The van der Waals surface area contributed by atoms with Gasteiger partial charge in [-0.1, -0.05) is 30.3 Å². The third kappa shape index (κ3) is 3.65. The normalized spacial score (nSPS) is 12.4. The van der Waals surface area contributed by atoms with Gasteiger partial charge in [0, 0.05) is 11.1 Å². The fraction of sp³-hybridized carbons (Fsp3) is 0.160. The second-order valence-electron chi connectivity index (χ2n) is 7.75. The first-order chi connectivity index (χ1) is 16.1. The van der Waals surface area contributed by atoms with E-state index in [1.54, 1.807) is 18.2 Å². The van der Waals surface area contributed by atoms with Crippen LogP contribution in [0.5, 0.6) is 17.2 Å². The molecule has 0 unspecified atom stereocenters. The fourth-order valence-electron chi connectivity index (χ4n) is 4.26. The van der Waals surface area contributed by atoms with Gasteiger partial charge in [0.05, 0.1) is 26.1 Å². The van der Waals surface area contributed by atoms with E-state index < -0.39 is 5.91 Å². The van der Waals surface area contributed by atoms with Gasteiger partial charge in [0.25, 0.3) is 5.91 Å². The second kappa shape index (κ2) is 8.31. The lowest BCUT2D eigenvalue weighted by Crippen LogP contribution is -2.18. The van der Waals surface area contributed by atoms with Crippen LogP contribution in [-0.2, 0) is 12.8 Å². The number of amides is 1. The van der Waals surface area contributed by atoms with Crippen LogP contribution in [0.1, 0.15) is 27.2 Å². The van der Waals surface area contributed by atoms with E-state index >= 15 is 0 Å². The molecule has 4 aromatic rings. The van der Waals surface area contributed by atoms with E-state index in [9.17, 15) is 9.90 Å². The molecule has 166 valence electrons. The number of H-pyrrole nitrogens is 1. The Kier molecular flexibility index (Phi) is 5.18. The number of aromatic hydroxyl groups is 1. The second-order valence-corrected chi connectivity index (χ2v) is 7.75. The Labute approximate surface area is 189 Å². The number of hydrogen-bond acceptors (Lipinski definition) is 6. The number of carbonyl (C=O) groups excluding carboxylic acids is 1. The first kappa shape index (κ1) is 20.6. The first-order valence-electron chi connectivity index (χ1n) is 10.5. The van der Waals surface area contributed by atoms with Crippen LogP contribution >= 0.6 is 0 Å². The molecule has 0 aliphatic heterocycles. The van der Waals surface area contributed by atoms with Crippen LogP contribution in [-0.4, -0.2) is 41.6 Å². The van der Waals surface area contributed by atoms with Gasteiger partial charge < -0.3 is 14.6 Å². The van der Waals surface area contributed by atoms with Crippen LogP contribution in [0.4, 0.5) is 0 Å². The van der Waals surface area contributed by atoms with E-state index in [2.05, 4.69) is 51.1 Å². The molecule has 33 heavy (non-hydrogen) atoms. The smallest absolute Gasteiger partial charge is 0.289 e. The van der Waals surface area contributed by atoms with Gasteiger partial charge in [-0.05, 0) is 52.9 Å². The third-order valence-electron chi connectivity index (χ3n) is 5.86. The van der Waals surface area contributed by atoms with Gasteiger partial charge >= 0.3 is 0 Å². The van der Waals surface area contributed by atoms with Crippen molar-refractivity contribution in [3.63, 3.8) is 0 Å². The molecule has 1 heterocycles. The fourth-order valence-corrected chi connectivity index (χ4v) is 4.26. The van der Waals surface area contributed by atoms with Crippen molar-refractivity contribution in [2.75, 3.05) is 14.2 Å². The number of nitrogens with one attached hydrogen (secondary N) is 2. The molecule has 8 heteroatoms. The molecule has 8 nitrogen and oxygen atoms in total. The van der Waals surface area contributed by atoms with Crippen molar-refractivity contribution in [2.45, 2.75) is 12.8 Å². The van der Waals surface area contributed by atoms with Gasteiger partial charge in [0.1, 0.15) is 5.69 Å². The number of ether oxygens (including phenoxy) is 2. The molecule has 0 bridgehead atoms. The number of carbonyl (C=O) groups is 1. The summed E-state index contributed by atoms with van der Waals surface area (Å²) in [6, 6.07) is 15.4. The Morgan fingerprint density at radius 2 is 1.82 bits per heavy atom. The van der Waals surface area contributed by atoms with Crippen molar-refractivity contribution >= 4 is 22.9 Å². The van der Waals surface area contributed by atoms with Crippen LogP contribution in [0.2, 0.25) is 0 Å². The quantitative estimate of drug-likeness (QED) is 0.311. The molecule has 1 amide bonds. The number of nitrogens with zero attached hydrogens (tertiary/aromatic N) is 2. The van der Waals surface area contributed by atoms with E-state index in [4.69, 9.17) is 9.47 Å². The van der Waals surface area contributed by atoms with Gasteiger partial charge in [-0.2, -0.15) is 10.2 Å². The van der Waals surface area contributed by atoms with Gasteiger partial charge in [0.2, 0.25) is 5.75 Å². The monoisotopic (exact) mass is 442 g/mol. The van der Waals surface area contributed by atoms with E-state index in [-0.39, 0.29) is 17.2 Å². The van der Waals surface area contributed by atoms with Gasteiger partial charge in [-0.25, -0.2) is 5.43 Å². The van der Waals surface area contributed by atoms with Crippen molar-refractivity contribution in [3.8, 4) is 28.5 Å². The molecular weight excluding hydrogens is 420 g/mol.